The van der Waals surface area contributed by atoms with Gasteiger partial charge in [-0.3, -0.25) is 19.2 Å². The molecule has 6 amide bonds. The van der Waals surface area contributed by atoms with E-state index in [1.54, 1.807) is 38.1 Å². The molecule has 0 spiro atoms. The first kappa shape index (κ1) is 36.6. The smallest absolute Gasteiger partial charge is 0.330 e. The summed E-state index contributed by atoms with van der Waals surface area (Å²) >= 11 is 0. The number of hydrogen-bond acceptors (Lipinski definition) is 8. The van der Waals surface area contributed by atoms with E-state index in [1.807, 2.05) is 0 Å². The number of rotatable bonds is 19. The number of amides is 6. The van der Waals surface area contributed by atoms with Crippen LogP contribution in [0.5, 0.6) is 0 Å². The van der Waals surface area contributed by atoms with Crippen LogP contribution in [0.15, 0.2) is 36.4 Å². The average Bonchev–Trinajstić information content (AvgIpc) is 2.97. The van der Waals surface area contributed by atoms with Crippen LogP contribution in [-0.4, -0.2) is 73.0 Å². The molecule has 0 bridgehead atoms. The van der Waals surface area contributed by atoms with Crippen molar-refractivity contribution in [3.8, 4) is 0 Å². The van der Waals surface area contributed by atoms with Crippen LogP contribution < -0.4 is 32.3 Å². The highest BCUT2D eigenvalue weighted by Gasteiger charge is 2.28. The van der Waals surface area contributed by atoms with E-state index in [-0.39, 0.29) is 37.8 Å². The molecule has 0 aliphatic rings. The van der Waals surface area contributed by atoms with Gasteiger partial charge in [0.2, 0.25) is 23.6 Å². The summed E-state index contributed by atoms with van der Waals surface area (Å²) in [6.45, 7) is 3.98. The van der Waals surface area contributed by atoms with Crippen molar-refractivity contribution in [1.29, 1.82) is 0 Å². The highest BCUT2D eigenvalue weighted by molar-refractivity contribution is 5.98. The quantitative estimate of drug-likeness (QED) is 0.0672. The molecular formula is C29H44N6O8. The number of urea groups is 1. The normalized spacial score (nSPS) is 12.2. The molecule has 0 aliphatic carbocycles. The van der Waals surface area contributed by atoms with Crippen molar-refractivity contribution in [2.75, 3.05) is 25.5 Å². The molecule has 0 aliphatic heterocycles. The highest BCUT2D eigenvalue weighted by atomic mass is 16.5. The van der Waals surface area contributed by atoms with Crippen molar-refractivity contribution < 1.29 is 38.6 Å². The van der Waals surface area contributed by atoms with Gasteiger partial charge in [-0.15, -0.1) is 0 Å². The molecule has 43 heavy (non-hydrogen) atoms. The predicted molar refractivity (Wildman–Crippen MR) is 159 cm³/mol. The molecule has 0 saturated carbocycles. The average molecular weight is 605 g/mol. The number of carbonyl (C=O) groups is 6. The highest BCUT2D eigenvalue weighted by Crippen LogP contribution is 2.12. The van der Waals surface area contributed by atoms with Crippen molar-refractivity contribution in [3.05, 3.63) is 42.0 Å². The first-order valence-corrected chi connectivity index (χ1v) is 14.1. The number of esters is 1. The number of hydrogen-bond donors (Lipinski definition) is 7. The molecule has 0 saturated heterocycles. The van der Waals surface area contributed by atoms with Crippen LogP contribution in [0.25, 0.3) is 0 Å². The van der Waals surface area contributed by atoms with Gasteiger partial charge in [-0.1, -0.05) is 32.4 Å². The van der Waals surface area contributed by atoms with Crippen molar-refractivity contribution in [2.24, 2.45) is 11.7 Å². The number of benzene rings is 1. The van der Waals surface area contributed by atoms with E-state index in [0.29, 0.717) is 43.5 Å². The summed E-state index contributed by atoms with van der Waals surface area (Å²) in [5.74, 6) is -2.66. The Balaban J connectivity index is 2.66. The van der Waals surface area contributed by atoms with E-state index in [0.717, 1.165) is 12.2 Å². The molecule has 0 radical (unpaired) electrons. The molecule has 8 N–H and O–H groups in total. The lowest BCUT2D eigenvalue weighted by Crippen LogP contribution is -2.54. The molecule has 14 nitrogen and oxygen atoms in total. The summed E-state index contributed by atoms with van der Waals surface area (Å²) in [7, 11) is 1.21. The summed E-state index contributed by atoms with van der Waals surface area (Å²) < 4.78 is 4.41. The van der Waals surface area contributed by atoms with Crippen molar-refractivity contribution in [2.45, 2.75) is 71.1 Å². The zero-order chi connectivity index (χ0) is 32.2. The van der Waals surface area contributed by atoms with Gasteiger partial charge in [0.15, 0.2) is 0 Å². The van der Waals surface area contributed by atoms with Crippen molar-refractivity contribution >= 4 is 41.3 Å². The third-order valence-electron chi connectivity index (χ3n) is 6.22. The van der Waals surface area contributed by atoms with Crippen molar-refractivity contribution in [3.63, 3.8) is 0 Å². The topological polar surface area (TPSA) is 218 Å². The summed E-state index contributed by atoms with van der Waals surface area (Å²) in [5.41, 5.74) is 6.25. The number of anilines is 1. The van der Waals surface area contributed by atoms with E-state index < -0.39 is 41.8 Å². The standard InChI is InChI=1S/C29H44N6O8/c1-19(2)26(35-24(38)9-5-4-6-16-31-23(37)14-15-25(39)43-3)28(41)34-22(8-7-17-32-29(30)42)27(40)33-21-12-10-20(18-36)11-13-21/h10-15,19,22,26,36H,4-9,16-18H2,1-3H3,(H,31,37)(H,33,40)(H,34,41)(H,35,38)(H3,30,32,42)/b15-14+/t22-,26-/m0/s1. The summed E-state index contributed by atoms with van der Waals surface area (Å²) in [4.78, 5) is 72.5. The van der Waals surface area contributed by atoms with Gasteiger partial charge in [0.1, 0.15) is 12.1 Å². The maximum Gasteiger partial charge on any atom is 0.330 e. The van der Waals surface area contributed by atoms with Crippen LogP contribution in [0, 0.1) is 5.92 Å². The Hall–Kier alpha value is -4.46. The molecule has 1 rings (SSSR count). The molecule has 0 heterocycles. The van der Waals surface area contributed by atoms with Crippen molar-refractivity contribution in [1.82, 2.24) is 21.3 Å². The van der Waals surface area contributed by atoms with Gasteiger partial charge in [-0.05, 0) is 49.3 Å². The van der Waals surface area contributed by atoms with Gasteiger partial charge in [-0.25, -0.2) is 9.59 Å². The second-order valence-corrected chi connectivity index (χ2v) is 10.1. The fraction of sp³-hybridized carbons (Fsp3) is 0.517. The molecule has 238 valence electrons. The second-order valence-electron chi connectivity index (χ2n) is 10.1. The largest absolute Gasteiger partial charge is 0.466 e. The number of methoxy groups -OCH3 is 1. The van der Waals surface area contributed by atoms with Crippen LogP contribution in [0.3, 0.4) is 0 Å². The molecule has 0 unspecified atom stereocenters. The van der Waals surface area contributed by atoms with Crippen LogP contribution >= 0.6 is 0 Å². The predicted octanol–water partition coefficient (Wildman–Crippen LogP) is 0.597. The fourth-order valence-electron chi connectivity index (χ4n) is 3.82. The van der Waals surface area contributed by atoms with E-state index in [9.17, 15) is 33.9 Å². The fourth-order valence-corrected chi connectivity index (χ4v) is 3.82. The molecule has 2 atom stereocenters. The lowest BCUT2D eigenvalue weighted by Gasteiger charge is -2.25. The second kappa shape index (κ2) is 20.4. The van der Waals surface area contributed by atoms with Crippen LogP contribution in [-0.2, 0) is 35.3 Å². The molecule has 0 aromatic heterocycles. The number of aliphatic hydroxyl groups is 1. The lowest BCUT2D eigenvalue weighted by molar-refractivity contribution is -0.135. The van der Waals surface area contributed by atoms with Crippen LogP contribution in [0.2, 0.25) is 0 Å². The number of ether oxygens (including phenoxy) is 1. The summed E-state index contributed by atoms with van der Waals surface area (Å²) in [6.07, 6.45) is 4.60. The van der Waals surface area contributed by atoms with Gasteiger partial charge < -0.3 is 42.2 Å². The number of nitrogens with two attached hydrogens (primary N) is 1. The molecular weight excluding hydrogens is 560 g/mol. The number of aliphatic hydroxyl groups excluding tert-OH is 1. The molecule has 1 aromatic rings. The number of unbranched alkanes of at least 4 members (excludes halogenated alkanes) is 2. The SMILES string of the molecule is COC(=O)/C=C/C(=O)NCCCCCC(=O)N[C@H](C(=O)N[C@@H](CCCNC(N)=O)C(=O)Nc1ccc(CO)cc1)C(C)C. The first-order chi connectivity index (χ1) is 20.5. The van der Waals surface area contributed by atoms with Gasteiger partial charge in [-0.2, -0.15) is 0 Å². The van der Waals surface area contributed by atoms with Crippen LogP contribution in [0.1, 0.15) is 57.9 Å². The third kappa shape index (κ3) is 15.9. The number of primary amides is 1. The van der Waals surface area contributed by atoms with E-state index in [4.69, 9.17) is 5.73 Å². The monoisotopic (exact) mass is 604 g/mol. The number of carbonyl (C=O) groups excluding carboxylic acids is 6. The Bertz CT molecular complexity index is 1110. The third-order valence-corrected chi connectivity index (χ3v) is 6.22. The summed E-state index contributed by atoms with van der Waals surface area (Å²) in [5, 5.41) is 22.5. The Morgan fingerprint density at radius 2 is 1.56 bits per heavy atom. The maximum atomic E-state index is 13.2. The van der Waals surface area contributed by atoms with Gasteiger partial charge >= 0.3 is 12.0 Å². The minimum atomic E-state index is -0.962. The molecule has 14 heteroatoms. The Labute approximate surface area is 251 Å². The van der Waals surface area contributed by atoms with E-state index in [2.05, 4.69) is 31.3 Å². The molecule has 0 fully saturated rings. The Morgan fingerprint density at radius 3 is 2.16 bits per heavy atom. The van der Waals surface area contributed by atoms with E-state index >= 15 is 0 Å². The number of nitrogens with one attached hydrogen (secondary N) is 5. The minimum absolute atomic E-state index is 0.141. The Morgan fingerprint density at radius 1 is 0.884 bits per heavy atom. The van der Waals surface area contributed by atoms with Crippen LogP contribution in [0.4, 0.5) is 10.5 Å². The first-order valence-electron chi connectivity index (χ1n) is 14.1. The maximum absolute atomic E-state index is 13.2. The summed E-state index contributed by atoms with van der Waals surface area (Å²) in [6, 6.07) is 4.02. The molecule has 1 aromatic carbocycles. The van der Waals surface area contributed by atoms with Gasteiger partial charge in [0, 0.05) is 37.3 Å². The lowest BCUT2D eigenvalue weighted by atomic mass is 10.0. The van der Waals surface area contributed by atoms with Gasteiger partial charge in [0.25, 0.3) is 0 Å². The zero-order valence-electron chi connectivity index (χ0n) is 24.9. The van der Waals surface area contributed by atoms with E-state index in [1.165, 1.54) is 7.11 Å². The zero-order valence-corrected chi connectivity index (χ0v) is 24.9. The minimum Gasteiger partial charge on any atom is -0.466 e. The Kier molecular flexibility index (Phi) is 17.4. The van der Waals surface area contributed by atoms with Gasteiger partial charge in [0.05, 0.1) is 13.7 Å².